The summed E-state index contributed by atoms with van der Waals surface area (Å²) in [6.45, 7) is 0.205. The van der Waals surface area contributed by atoms with Crippen molar-refractivity contribution in [1.29, 1.82) is 0 Å². The molecule has 8 heteroatoms. The minimum Gasteiger partial charge on any atom is -0.454 e. The third-order valence-corrected chi connectivity index (χ3v) is 5.73. The Kier molecular flexibility index (Phi) is 4.22. The van der Waals surface area contributed by atoms with Gasteiger partial charge in [-0.15, -0.1) is 11.3 Å². The summed E-state index contributed by atoms with van der Waals surface area (Å²) in [6, 6.07) is 13.2. The third-order valence-electron chi connectivity index (χ3n) is 4.29. The highest BCUT2D eigenvalue weighted by molar-refractivity contribution is 9.10. The fraction of sp³-hybridized carbons (Fsp3) is 0.0500. The lowest BCUT2D eigenvalue weighted by molar-refractivity contribution is -0.113. The van der Waals surface area contributed by atoms with E-state index in [1.165, 1.54) is 11.3 Å². The summed E-state index contributed by atoms with van der Waals surface area (Å²) >= 11 is 4.94. The average molecular weight is 454 g/mol. The number of hydrogen-bond donors (Lipinski definition) is 0. The number of amidine groups is 1. The molecule has 5 rings (SSSR count). The van der Waals surface area contributed by atoms with E-state index in [4.69, 9.17) is 9.47 Å². The van der Waals surface area contributed by atoms with Crippen LogP contribution in [-0.2, 0) is 4.79 Å². The van der Waals surface area contributed by atoms with Crippen LogP contribution in [-0.4, -0.2) is 23.5 Å². The quantitative estimate of drug-likeness (QED) is 0.548. The maximum absolute atomic E-state index is 13.2. The average Bonchev–Trinajstić information content (AvgIpc) is 3.43. The molecule has 0 fully saturated rings. The van der Waals surface area contributed by atoms with Gasteiger partial charge in [-0.1, -0.05) is 40.2 Å². The number of benzene rings is 2. The van der Waals surface area contributed by atoms with E-state index in [0.717, 1.165) is 15.6 Å². The van der Waals surface area contributed by atoms with Crippen LogP contribution in [0.3, 0.4) is 0 Å². The monoisotopic (exact) mass is 453 g/mol. The second kappa shape index (κ2) is 6.88. The van der Waals surface area contributed by atoms with Crippen molar-refractivity contribution in [2.75, 3.05) is 11.7 Å². The largest absolute Gasteiger partial charge is 0.454 e. The molecule has 0 bridgehead atoms. The molecular weight excluding hydrogens is 442 g/mol. The lowest BCUT2D eigenvalue weighted by Gasteiger charge is -2.15. The molecule has 0 N–H and O–H groups in total. The first-order chi connectivity index (χ1) is 13.7. The number of anilines is 1. The molecule has 1 amide bonds. The Morgan fingerprint density at radius 2 is 2.00 bits per heavy atom. The highest BCUT2D eigenvalue weighted by atomic mass is 79.9. The molecule has 3 heterocycles. The molecule has 28 heavy (non-hydrogen) atoms. The summed E-state index contributed by atoms with van der Waals surface area (Å²) < 4.78 is 11.6. The lowest BCUT2D eigenvalue weighted by Crippen LogP contribution is -2.32. The van der Waals surface area contributed by atoms with E-state index in [1.54, 1.807) is 17.2 Å². The molecule has 1 aromatic heterocycles. The zero-order valence-electron chi connectivity index (χ0n) is 14.3. The number of halogens is 1. The van der Waals surface area contributed by atoms with Gasteiger partial charge in [-0.2, -0.15) is 0 Å². The van der Waals surface area contributed by atoms with Gasteiger partial charge in [-0.05, 0) is 29.8 Å². The molecule has 0 aliphatic carbocycles. The second-order valence-corrected chi connectivity index (χ2v) is 7.74. The Morgan fingerprint density at radius 3 is 2.82 bits per heavy atom. The van der Waals surface area contributed by atoms with Gasteiger partial charge in [-0.3, -0.25) is 4.79 Å². The van der Waals surface area contributed by atoms with Crippen LogP contribution in [0, 0.1) is 0 Å². The van der Waals surface area contributed by atoms with E-state index in [2.05, 4.69) is 25.9 Å². The standard InChI is InChI=1S/C20H12BrN3O3S/c21-14-4-2-1-3-13(14)18-23-15(19(25)24(18)20-22-7-8-28-20)9-12-5-6-16-17(10-12)27-11-26-16/h1-10H,11H2/b15-9+. The molecule has 2 aliphatic heterocycles. The second-order valence-electron chi connectivity index (χ2n) is 6.01. The molecule has 0 spiro atoms. The van der Waals surface area contributed by atoms with Crippen molar-refractivity contribution in [1.82, 2.24) is 4.98 Å². The molecule has 138 valence electrons. The van der Waals surface area contributed by atoms with Crippen LogP contribution < -0.4 is 14.4 Å². The first-order valence-corrected chi connectivity index (χ1v) is 10.1. The van der Waals surface area contributed by atoms with Crippen molar-refractivity contribution >= 4 is 50.2 Å². The highest BCUT2D eigenvalue weighted by Gasteiger charge is 2.34. The Morgan fingerprint density at radius 1 is 1.14 bits per heavy atom. The molecule has 3 aromatic rings. The van der Waals surface area contributed by atoms with Gasteiger partial charge < -0.3 is 9.47 Å². The molecular formula is C20H12BrN3O3S. The fourth-order valence-electron chi connectivity index (χ4n) is 3.00. The van der Waals surface area contributed by atoms with Gasteiger partial charge in [-0.25, -0.2) is 14.9 Å². The SMILES string of the molecule is O=C1/C(=C\c2ccc3c(c2)OCO3)N=C(c2ccccc2Br)N1c1nccs1. The Balaban J connectivity index is 1.61. The molecule has 0 atom stereocenters. The lowest BCUT2D eigenvalue weighted by atomic mass is 10.1. The number of hydrogen-bond acceptors (Lipinski definition) is 6. The van der Waals surface area contributed by atoms with Crippen molar-refractivity contribution in [2.45, 2.75) is 0 Å². The van der Waals surface area contributed by atoms with E-state index >= 15 is 0 Å². The minimum atomic E-state index is -0.224. The number of carbonyl (C=O) groups is 1. The summed E-state index contributed by atoms with van der Waals surface area (Å²) in [5, 5.41) is 2.41. The number of thiazole rings is 1. The summed E-state index contributed by atoms with van der Waals surface area (Å²) in [7, 11) is 0. The molecule has 0 unspecified atom stereocenters. The predicted octanol–water partition coefficient (Wildman–Crippen LogP) is 4.47. The maximum Gasteiger partial charge on any atom is 0.284 e. The van der Waals surface area contributed by atoms with Gasteiger partial charge in [0, 0.05) is 21.6 Å². The van der Waals surface area contributed by atoms with Gasteiger partial charge in [0.2, 0.25) is 6.79 Å². The van der Waals surface area contributed by atoms with Gasteiger partial charge >= 0.3 is 0 Å². The zero-order chi connectivity index (χ0) is 19.1. The maximum atomic E-state index is 13.2. The summed E-state index contributed by atoms with van der Waals surface area (Å²) in [4.78, 5) is 23.7. The van der Waals surface area contributed by atoms with Gasteiger partial charge in [0.05, 0.1) is 0 Å². The molecule has 0 saturated heterocycles. The van der Waals surface area contributed by atoms with Crippen molar-refractivity contribution in [2.24, 2.45) is 4.99 Å². The number of amides is 1. The zero-order valence-corrected chi connectivity index (χ0v) is 16.7. The number of aromatic nitrogens is 1. The van der Waals surface area contributed by atoms with Gasteiger partial charge in [0.25, 0.3) is 5.91 Å². The summed E-state index contributed by atoms with van der Waals surface area (Å²) in [5.74, 6) is 1.67. The van der Waals surface area contributed by atoms with Crippen molar-refractivity contribution in [3.8, 4) is 11.5 Å². The molecule has 0 radical (unpaired) electrons. The first kappa shape index (κ1) is 17.2. The van der Waals surface area contributed by atoms with Crippen LogP contribution >= 0.6 is 27.3 Å². The van der Waals surface area contributed by atoms with Gasteiger partial charge in [0.1, 0.15) is 5.70 Å². The molecule has 0 saturated carbocycles. The van der Waals surface area contributed by atoms with Crippen molar-refractivity contribution in [3.63, 3.8) is 0 Å². The predicted molar refractivity (Wildman–Crippen MR) is 111 cm³/mol. The summed E-state index contributed by atoms with van der Waals surface area (Å²) in [6.07, 6.45) is 3.42. The van der Waals surface area contributed by atoms with Crippen LogP contribution in [0.1, 0.15) is 11.1 Å². The number of aliphatic imine (C=N–C) groups is 1. The van der Waals surface area contributed by atoms with Crippen LogP contribution in [0.25, 0.3) is 6.08 Å². The van der Waals surface area contributed by atoms with E-state index in [9.17, 15) is 4.79 Å². The highest BCUT2D eigenvalue weighted by Crippen LogP contribution is 2.35. The van der Waals surface area contributed by atoms with E-state index in [1.807, 2.05) is 47.8 Å². The van der Waals surface area contributed by atoms with Crippen LogP contribution in [0.4, 0.5) is 5.13 Å². The number of rotatable bonds is 3. The van der Waals surface area contributed by atoms with Gasteiger partial charge in [0.15, 0.2) is 22.5 Å². The topological polar surface area (TPSA) is 64.0 Å². The number of nitrogens with zero attached hydrogens (tertiary/aromatic N) is 3. The normalized spacial score (nSPS) is 16.8. The molecule has 6 nitrogen and oxygen atoms in total. The van der Waals surface area contributed by atoms with Crippen molar-refractivity contribution < 1.29 is 14.3 Å². The smallest absolute Gasteiger partial charge is 0.284 e. The van der Waals surface area contributed by atoms with Crippen LogP contribution in [0.15, 0.2) is 69.2 Å². The number of fused-ring (bicyclic) bond motifs is 1. The fourth-order valence-corrected chi connectivity index (χ4v) is 4.11. The molecule has 2 aromatic carbocycles. The first-order valence-electron chi connectivity index (χ1n) is 8.39. The third kappa shape index (κ3) is 2.90. The van der Waals surface area contributed by atoms with E-state index in [0.29, 0.717) is 28.2 Å². The molecule has 2 aliphatic rings. The Bertz CT molecular complexity index is 1140. The van der Waals surface area contributed by atoms with E-state index < -0.39 is 0 Å². The van der Waals surface area contributed by atoms with Crippen molar-refractivity contribution in [3.05, 3.63) is 75.3 Å². The Hall–Kier alpha value is -2.97. The van der Waals surface area contributed by atoms with Crippen LogP contribution in [0.2, 0.25) is 0 Å². The summed E-state index contributed by atoms with van der Waals surface area (Å²) in [5.41, 5.74) is 1.96. The number of ether oxygens (including phenoxy) is 2. The van der Waals surface area contributed by atoms with Crippen LogP contribution in [0.5, 0.6) is 11.5 Å². The van der Waals surface area contributed by atoms with E-state index in [-0.39, 0.29) is 12.7 Å². The minimum absolute atomic E-state index is 0.205. The number of carbonyl (C=O) groups excluding carboxylic acids is 1. The Labute approximate surface area is 172 Å².